The number of hydrogen-bond donors (Lipinski definition) is 0. The molecule has 0 aliphatic rings. The second kappa shape index (κ2) is 7.58. The Morgan fingerprint density at radius 1 is 1.04 bits per heavy atom. The Morgan fingerprint density at radius 2 is 1.81 bits per heavy atom. The number of likely N-dealkylation sites (N-methyl/N-ethyl adjacent to an activating group) is 1. The Kier molecular flexibility index (Phi) is 5.23. The van der Waals surface area contributed by atoms with E-state index in [4.69, 9.17) is 9.47 Å². The fourth-order valence-corrected chi connectivity index (χ4v) is 2.88. The maximum atomic E-state index is 12.9. The Morgan fingerprint density at radius 3 is 2.50 bits per heavy atom. The van der Waals surface area contributed by atoms with Crippen LogP contribution in [-0.4, -0.2) is 49.5 Å². The van der Waals surface area contributed by atoms with Crippen molar-refractivity contribution >= 4 is 10.8 Å². The van der Waals surface area contributed by atoms with Crippen LogP contribution in [0.2, 0.25) is 0 Å². The minimum Gasteiger partial charge on any atom is -0.497 e. The van der Waals surface area contributed by atoms with Crippen LogP contribution in [0.25, 0.3) is 22.0 Å². The van der Waals surface area contributed by atoms with Crippen LogP contribution in [0.5, 0.6) is 11.5 Å². The predicted octanol–water partition coefficient (Wildman–Crippen LogP) is 2.64. The molecule has 0 saturated heterocycles. The van der Waals surface area contributed by atoms with Gasteiger partial charge in [-0.05, 0) is 44.4 Å². The van der Waals surface area contributed by atoms with E-state index in [2.05, 4.69) is 5.10 Å². The van der Waals surface area contributed by atoms with E-state index in [0.717, 1.165) is 17.5 Å². The number of aromatic nitrogens is 2. The Bertz CT molecular complexity index is 980. The molecule has 6 heteroatoms. The number of rotatable bonds is 6. The molecule has 0 radical (unpaired) electrons. The average Bonchev–Trinajstić information content (AvgIpc) is 2.67. The number of fused-ring (bicyclic) bond motifs is 1. The third kappa shape index (κ3) is 3.41. The molecule has 3 aromatic rings. The first-order chi connectivity index (χ1) is 12.5. The highest BCUT2D eigenvalue weighted by molar-refractivity contribution is 5.96. The van der Waals surface area contributed by atoms with Gasteiger partial charge in [-0.1, -0.05) is 12.1 Å². The average molecular weight is 353 g/mol. The van der Waals surface area contributed by atoms with Crippen molar-refractivity contribution < 1.29 is 9.47 Å². The molecular weight excluding hydrogens is 330 g/mol. The number of benzene rings is 2. The lowest BCUT2D eigenvalue weighted by atomic mass is 10.0. The summed E-state index contributed by atoms with van der Waals surface area (Å²) in [4.78, 5) is 14.9. The molecule has 0 bridgehead atoms. The molecule has 0 amide bonds. The van der Waals surface area contributed by atoms with Crippen molar-refractivity contribution in [1.29, 1.82) is 0 Å². The molecule has 0 N–H and O–H groups in total. The first-order valence-electron chi connectivity index (χ1n) is 8.42. The van der Waals surface area contributed by atoms with Crippen LogP contribution in [0, 0.1) is 0 Å². The van der Waals surface area contributed by atoms with Crippen LogP contribution >= 0.6 is 0 Å². The number of hydrogen-bond acceptors (Lipinski definition) is 5. The summed E-state index contributed by atoms with van der Waals surface area (Å²) in [5.74, 6) is 1.39. The summed E-state index contributed by atoms with van der Waals surface area (Å²) in [6, 6.07) is 13.1. The van der Waals surface area contributed by atoms with Crippen LogP contribution in [0.15, 0.2) is 47.3 Å². The minimum atomic E-state index is -0.108. The summed E-state index contributed by atoms with van der Waals surface area (Å²) < 4.78 is 12.4. The summed E-state index contributed by atoms with van der Waals surface area (Å²) in [6.45, 7) is 1.23. The Balaban J connectivity index is 2.30. The van der Waals surface area contributed by atoms with Gasteiger partial charge in [-0.2, -0.15) is 5.10 Å². The second-order valence-electron chi connectivity index (χ2n) is 6.29. The highest BCUT2D eigenvalue weighted by atomic mass is 16.5. The molecule has 3 rings (SSSR count). The van der Waals surface area contributed by atoms with Gasteiger partial charge in [0.15, 0.2) is 0 Å². The molecule has 0 atom stereocenters. The topological polar surface area (TPSA) is 56.6 Å². The first kappa shape index (κ1) is 17.9. The molecule has 0 aliphatic heterocycles. The first-order valence-corrected chi connectivity index (χ1v) is 8.42. The summed E-state index contributed by atoms with van der Waals surface area (Å²) >= 11 is 0. The van der Waals surface area contributed by atoms with Gasteiger partial charge in [0.1, 0.15) is 17.2 Å². The van der Waals surface area contributed by atoms with E-state index >= 15 is 0 Å². The minimum absolute atomic E-state index is 0.108. The highest BCUT2D eigenvalue weighted by Gasteiger charge is 2.16. The quantitative estimate of drug-likeness (QED) is 0.682. The number of ether oxygens (including phenoxy) is 2. The third-order valence-corrected chi connectivity index (χ3v) is 4.29. The molecule has 1 aromatic heterocycles. The van der Waals surface area contributed by atoms with Gasteiger partial charge < -0.3 is 14.4 Å². The molecular formula is C20H23N3O3. The fraction of sp³-hybridized carbons (Fsp3) is 0.300. The number of para-hydroxylation sites is 1. The Labute approximate surface area is 152 Å². The van der Waals surface area contributed by atoms with Crippen molar-refractivity contribution in [3.05, 3.63) is 52.8 Å². The molecule has 26 heavy (non-hydrogen) atoms. The molecule has 0 saturated carbocycles. The van der Waals surface area contributed by atoms with E-state index in [0.29, 0.717) is 29.1 Å². The molecule has 0 spiro atoms. The van der Waals surface area contributed by atoms with E-state index < -0.39 is 0 Å². The van der Waals surface area contributed by atoms with Crippen molar-refractivity contribution in [2.24, 2.45) is 0 Å². The zero-order valence-corrected chi connectivity index (χ0v) is 15.5. The van der Waals surface area contributed by atoms with Crippen LogP contribution in [0.3, 0.4) is 0 Å². The van der Waals surface area contributed by atoms with E-state index in [1.165, 1.54) is 4.68 Å². The summed E-state index contributed by atoms with van der Waals surface area (Å²) in [7, 11) is 7.18. The van der Waals surface area contributed by atoms with Crippen LogP contribution in [0.4, 0.5) is 0 Å². The van der Waals surface area contributed by atoms with E-state index in [9.17, 15) is 4.79 Å². The van der Waals surface area contributed by atoms with Gasteiger partial charge in [0.05, 0.1) is 26.2 Å². The lowest BCUT2D eigenvalue weighted by Gasteiger charge is -2.15. The van der Waals surface area contributed by atoms with Crippen LogP contribution < -0.4 is 15.0 Å². The standard InChI is InChI=1S/C20H23N3O3/c1-22(2)11-12-23-20(24)15-10-9-14(25-3)13-17(15)19(21-23)16-7-5-6-8-18(16)26-4/h5-10,13H,11-12H2,1-4H3. The summed E-state index contributed by atoms with van der Waals surface area (Å²) in [5.41, 5.74) is 1.43. The van der Waals surface area contributed by atoms with E-state index in [1.54, 1.807) is 26.4 Å². The number of nitrogens with zero attached hydrogens (tertiary/aromatic N) is 3. The van der Waals surface area contributed by atoms with Gasteiger partial charge >= 0.3 is 0 Å². The van der Waals surface area contributed by atoms with Gasteiger partial charge in [-0.3, -0.25) is 4.79 Å². The lowest BCUT2D eigenvalue weighted by Crippen LogP contribution is -2.29. The maximum absolute atomic E-state index is 12.9. The second-order valence-corrected chi connectivity index (χ2v) is 6.29. The maximum Gasteiger partial charge on any atom is 0.274 e. The van der Waals surface area contributed by atoms with Gasteiger partial charge in [-0.25, -0.2) is 4.68 Å². The van der Waals surface area contributed by atoms with Crippen LogP contribution in [-0.2, 0) is 6.54 Å². The third-order valence-electron chi connectivity index (χ3n) is 4.29. The number of methoxy groups -OCH3 is 2. The molecule has 6 nitrogen and oxygen atoms in total. The van der Waals surface area contributed by atoms with Gasteiger partial charge in [0.2, 0.25) is 0 Å². The molecule has 136 valence electrons. The summed E-state index contributed by atoms with van der Waals surface area (Å²) in [5, 5.41) is 6.03. The largest absolute Gasteiger partial charge is 0.497 e. The summed E-state index contributed by atoms with van der Waals surface area (Å²) in [6.07, 6.45) is 0. The molecule has 0 unspecified atom stereocenters. The van der Waals surface area contributed by atoms with Crippen molar-refractivity contribution in [2.45, 2.75) is 6.54 Å². The monoisotopic (exact) mass is 353 g/mol. The van der Waals surface area contributed by atoms with Crippen molar-refractivity contribution in [2.75, 3.05) is 34.9 Å². The molecule has 2 aromatic carbocycles. The zero-order chi connectivity index (χ0) is 18.7. The fourth-order valence-electron chi connectivity index (χ4n) is 2.88. The van der Waals surface area contributed by atoms with Crippen molar-refractivity contribution in [3.8, 4) is 22.8 Å². The van der Waals surface area contributed by atoms with Crippen molar-refractivity contribution in [3.63, 3.8) is 0 Å². The van der Waals surface area contributed by atoms with Crippen LogP contribution in [0.1, 0.15) is 0 Å². The Hall–Kier alpha value is -2.86. The predicted molar refractivity (Wildman–Crippen MR) is 103 cm³/mol. The molecule has 0 aliphatic carbocycles. The van der Waals surface area contributed by atoms with Gasteiger partial charge in [0, 0.05) is 17.5 Å². The molecule has 1 heterocycles. The lowest BCUT2D eigenvalue weighted by molar-refractivity contribution is 0.368. The molecule has 0 fully saturated rings. The zero-order valence-electron chi connectivity index (χ0n) is 15.5. The van der Waals surface area contributed by atoms with Gasteiger partial charge in [0.25, 0.3) is 5.56 Å². The smallest absolute Gasteiger partial charge is 0.274 e. The SMILES string of the molecule is COc1ccc2c(=O)n(CCN(C)C)nc(-c3ccccc3OC)c2c1. The van der Waals surface area contributed by atoms with E-state index in [-0.39, 0.29) is 5.56 Å². The van der Waals surface area contributed by atoms with Gasteiger partial charge in [-0.15, -0.1) is 0 Å². The highest BCUT2D eigenvalue weighted by Crippen LogP contribution is 2.33. The normalized spacial score (nSPS) is 11.1. The van der Waals surface area contributed by atoms with Crippen molar-refractivity contribution in [1.82, 2.24) is 14.7 Å². The van der Waals surface area contributed by atoms with E-state index in [1.807, 2.05) is 49.3 Å².